The number of carboxylic acids is 1. The summed E-state index contributed by atoms with van der Waals surface area (Å²) in [5.41, 5.74) is 1.07. The second-order valence-electron chi connectivity index (χ2n) is 5.97. The number of nitrogens with one attached hydrogen (secondary N) is 1. The molecule has 0 spiro atoms. The summed E-state index contributed by atoms with van der Waals surface area (Å²) >= 11 is 0. The Balaban J connectivity index is 1.68. The molecule has 0 radical (unpaired) electrons. The summed E-state index contributed by atoms with van der Waals surface area (Å²) in [6.45, 7) is 0. The SMILES string of the molecule is O=C(O)c1nn[nH]c1Oc1ccc(C2CCC(P)(P)CC2)cc1. The second kappa shape index (κ2) is 6.54. The molecule has 1 fully saturated rings. The van der Waals surface area contributed by atoms with E-state index >= 15 is 0 Å². The molecule has 2 N–H and O–H groups in total. The van der Waals surface area contributed by atoms with Crippen molar-refractivity contribution >= 4 is 24.4 Å². The van der Waals surface area contributed by atoms with E-state index < -0.39 is 5.97 Å². The first-order chi connectivity index (χ1) is 10.9. The summed E-state index contributed by atoms with van der Waals surface area (Å²) in [6, 6.07) is 7.79. The number of hydrogen-bond donors (Lipinski definition) is 2. The standard InChI is InChI=1S/C15H19N3O3P2/c19-14(20)12-13(17-18-16-12)21-11-3-1-9(2-4-11)10-5-7-15(22,23)8-6-10/h1-4,10H,5-8,22-23H2,(H,19,20)(H,16,17,18). The molecule has 2 unspecified atom stereocenters. The van der Waals surface area contributed by atoms with Crippen LogP contribution in [0.3, 0.4) is 0 Å². The normalized spacial score (nSPS) is 17.8. The summed E-state index contributed by atoms with van der Waals surface area (Å²) in [5.74, 6) is -0.00382. The van der Waals surface area contributed by atoms with Crippen LogP contribution >= 0.6 is 18.5 Å². The summed E-state index contributed by atoms with van der Waals surface area (Å²) in [4.78, 5) is 11.3. The van der Waals surface area contributed by atoms with Gasteiger partial charge in [-0.15, -0.1) is 23.6 Å². The Morgan fingerprint density at radius 1 is 1.26 bits per heavy atom. The van der Waals surface area contributed by atoms with Crippen LogP contribution in [0.25, 0.3) is 0 Å². The molecule has 1 saturated carbocycles. The van der Waals surface area contributed by atoms with Crippen LogP contribution in [0.2, 0.25) is 0 Å². The van der Waals surface area contributed by atoms with Crippen molar-refractivity contribution in [2.75, 3.05) is 0 Å². The van der Waals surface area contributed by atoms with E-state index in [2.05, 4.69) is 33.9 Å². The summed E-state index contributed by atoms with van der Waals surface area (Å²) in [5, 5.41) is 18.4. The molecule has 1 aromatic carbocycles. The third-order valence-corrected chi connectivity index (χ3v) is 5.36. The maximum Gasteiger partial charge on any atom is 0.362 e. The molecule has 6 nitrogen and oxygen atoms in total. The highest BCUT2D eigenvalue weighted by Crippen LogP contribution is 2.46. The van der Waals surface area contributed by atoms with Gasteiger partial charge < -0.3 is 9.84 Å². The zero-order chi connectivity index (χ0) is 16.4. The molecule has 0 bridgehead atoms. The van der Waals surface area contributed by atoms with Gasteiger partial charge in [0.25, 0.3) is 5.88 Å². The van der Waals surface area contributed by atoms with Crippen molar-refractivity contribution in [2.45, 2.75) is 36.5 Å². The smallest absolute Gasteiger partial charge is 0.362 e. The third kappa shape index (κ3) is 3.88. The number of aromatic amines is 1. The highest BCUT2D eigenvalue weighted by Gasteiger charge is 2.28. The van der Waals surface area contributed by atoms with Crippen LogP contribution in [-0.4, -0.2) is 31.4 Å². The summed E-state index contributed by atoms with van der Waals surface area (Å²) in [6.07, 6.45) is 4.68. The van der Waals surface area contributed by atoms with Crippen LogP contribution in [0, 0.1) is 0 Å². The third-order valence-electron chi connectivity index (χ3n) is 4.21. The average Bonchev–Trinajstić information content (AvgIpc) is 2.97. The van der Waals surface area contributed by atoms with Gasteiger partial charge in [-0.2, -0.15) is 0 Å². The lowest BCUT2D eigenvalue weighted by molar-refractivity contribution is 0.0687. The van der Waals surface area contributed by atoms with E-state index in [4.69, 9.17) is 9.84 Å². The molecular weight excluding hydrogens is 332 g/mol. The molecule has 0 saturated heterocycles. The number of aromatic carboxylic acids is 1. The van der Waals surface area contributed by atoms with Crippen molar-refractivity contribution in [3.05, 3.63) is 35.5 Å². The van der Waals surface area contributed by atoms with Crippen molar-refractivity contribution in [3.8, 4) is 11.6 Å². The summed E-state index contributed by atoms with van der Waals surface area (Å²) < 4.78 is 5.52. The predicted molar refractivity (Wildman–Crippen MR) is 93.2 cm³/mol. The number of carbonyl (C=O) groups is 1. The van der Waals surface area contributed by atoms with Gasteiger partial charge in [0.2, 0.25) is 5.69 Å². The number of aromatic nitrogens is 3. The minimum Gasteiger partial charge on any atom is -0.476 e. The number of nitrogens with zero attached hydrogens (tertiary/aromatic N) is 2. The highest BCUT2D eigenvalue weighted by atomic mass is 31.1. The summed E-state index contributed by atoms with van der Waals surface area (Å²) in [7, 11) is 5.87. The van der Waals surface area contributed by atoms with Crippen molar-refractivity contribution in [2.24, 2.45) is 0 Å². The van der Waals surface area contributed by atoms with Crippen LogP contribution in [0.15, 0.2) is 24.3 Å². The van der Waals surface area contributed by atoms with Gasteiger partial charge in [0.1, 0.15) is 5.75 Å². The molecule has 2 aromatic rings. The van der Waals surface area contributed by atoms with E-state index in [-0.39, 0.29) is 11.6 Å². The fraction of sp³-hybridized carbons (Fsp3) is 0.400. The zero-order valence-electron chi connectivity index (χ0n) is 12.5. The first kappa shape index (κ1) is 16.4. The minimum atomic E-state index is -1.18. The number of rotatable bonds is 4. The Morgan fingerprint density at radius 3 is 2.52 bits per heavy atom. The van der Waals surface area contributed by atoms with Crippen molar-refractivity contribution in [1.29, 1.82) is 0 Å². The van der Waals surface area contributed by atoms with Crippen LogP contribution in [-0.2, 0) is 0 Å². The first-order valence-corrected chi connectivity index (χ1v) is 8.60. The largest absolute Gasteiger partial charge is 0.476 e. The van der Waals surface area contributed by atoms with E-state index in [1.165, 1.54) is 31.2 Å². The van der Waals surface area contributed by atoms with Crippen LogP contribution in [0.4, 0.5) is 0 Å². The van der Waals surface area contributed by atoms with Gasteiger partial charge in [0, 0.05) is 0 Å². The lowest BCUT2D eigenvalue weighted by Crippen LogP contribution is -2.20. The number of ether oxygens (including phenoxy) is 1. The molecule has 0 aliphatic heterocycles. The monoisotopic (exact) mass is 351 g/mol. The molecule has 1 aliphatic carbocycles. The Labute approximate surface area is 138 Å². The van der Waals surface area contributed by atoms with E-state index in [1.807, 2.05) is 24.3 Å². The van der Waals surface area contributed by atoms with Crippen molar-refractivity contribution in [3.63, 3.8) is 0 Å². The lowest BCUT2D eigenvalue weighted by atomic mass is 9.83. The van der Waals surface area contributed by atoms with Gasteiger partial charge in [-0.25, -0.2) is 9.89 Å². The Kier molecular flexibility index (Phi) is 4.65. The molecule has 23 heavy (non-hydrogen) atoms. The predicted octanol–water partition coefficient (Wildman–Crippen LogP) is 3.40. The molecule has 0 amide bonds. The van der Waals surface area contributed by atoms with Gasteiger partial charge in [0.05, 0.1) is 0 Å². The fourth-order valence-electron chi connectivity index (χ4n) is 2.84. The van der Waals surface area contributed by atoms with E-state index in [9.17, 15) is 4.79 Å². The molecule has 1 heterocycles. The van der Waals surface area contributed by atoms with Gasteiger partial charge >= 0.3 is 5.97 Å². The second-order valence-corrected chi connectivity index (χ2v) is 8.94. The van der Waals surface area contributed by atoms with E-state index in [0.29, 0.717) is 16.6 Å². The van der Waals surface area contributed by atoms with Crippen molar-refractivity contribution < 1.29 is 14.6 Å². The van der Waals surface area contributed by atoms with Crippen molar-refractivity contribution in [1.82, 2.24) is 15.4 Å². The van der Waals surface area contributed by atoms with Gasteiger partial charge in [0.15, 0.2) is 0 Å². The fourth-order valence-corrected chi connectivity index (χ4v) is 3.51. The minimum absolute atomic E-state index is 0.0405. The number of benzene rings is 1. The quantitative estimate of drug-likeness (QED) is 0.825. The van der Waals surface area contributed by atoms with Gasteiger partial charge in [-0.05, 0) is 54.2 Å². The maximum atomic E-state index is 11.0. The number of hydrogen-bond acceptors (Lipinski definition) is 4. The van der Waals surface area contributed by atoms with Gasteiger partial charge in [-0.1, -0.05) is 17.3 Å². The van der Waals surface area contributed by atoms with E-state index in [0.717, 1.165) is 0 Å². The molecule has 2 atom stereocenters. The molecule has 1 aliphatic rings. The number of H-pyrrole nitrogens is 1. The molecule has 122 valence electrons. The lowest BCUT2D eigenvalue weighted by Gasteiger charge is -2.34. The number of carboxylic acid groups (broad SMARTS) is 1. The highest BCUT2D eigenvalue weighted by molar-refractivity contribution is 7.39. The molecule has 1 aromatic heterocycles. The van der Waals surface area contributed by atoms with E-state index in [1.54, 1.807) is 0 Å². The Morgan fingerprint density at radius 2 is 1.91 bits per heavy atom. The zero-order valence-corrected chi connectivity index (χ0v) is 14.8. The average molecular weight is 351 g/mol. The maximum absolute atomic E-state index is 11.0. The van der Waals surface area contributed by atoms with Crippen LogP contribution in [0.1, 0.15) is 47.7 Å². The molecule has 8 heteroatoms. The van der Waals surface area contributed by atoms with Crippen LogP contribution < -0.4 is 4.74 Å². The topological polar surface area (TPSA) is 88.1 Å². The Hall–Kier alpha value is -1.51. The molecular formula is C15H19N3O3P2. The first-order valence-electron chi connectivity index (χ1n) is 7.44. The van der Waals surface area contributed by atoms with Gasteiger partial charge in [-0.3, -0.25) is 0 Å². The van der Waals surface area contributed by atoms with Crippen LogP contribution in [0.5, 0.6) is 11.6 Å². The Bertz CT molecular complexity index is 690. The molecule has 3 rings (SSSR count).